The molecule has 2 aromatic rings. The van der Waals surface area contributed by atoms with Gasteiger partial charge >= 0.3 is 6.36 Å². The van der Waals surface area contributed by atoms with Gasteiger partial charge in [0.25, 0.3) is 0 Å². The highest BCUT2D eigenvalue weighted by Crippen LogP contribution is 2.43. The van der Waals surface area contributed by atoms with Crippen molar-refractivity contribution < 1.29 is 17.9 Å². The molecule has 4 nitrogen and oxygen atoms in total. The molecule has 2 aromatic carbocycles. The van der Waals surface area contributed by atoms with Crippen LogP contribution in [-0.2, 0) is 0 Å². The minimum atomic E-state index is -4.66. The zero-order chi connectivity index (χ0) is 19.8. The Morgan fingerprint density at radius 3 is 1.93 bits per heavy atom. The van der Waals surface area contributed by atoms with Crippen molar-refractivity contribution in [2.24, 2.45) is 5.41 Å². The Hall–Kier alpha value is -2.88. The van der Waals surface area contributed by atoms with Crippen LogP contribution in [0.25, 0.3) is 4.85 Å². The molecule has 146 valence electrons. The first-order valence-corrected chi connectivity index (χ1v) is 9.19. The van der Waals surface area contributed by atoms with Crippen molar-refractivity contribution in [3.8, 4) is 5.75 Å². The molecule has 2 aliphatic heterocycles. The Morgan fingerprint density at radius 1 is 0.857 bits per heavy atom. The Morgan fingerprint density at radius 2 is 1.39 bits per heavy atom. The van der Waals surface area contributed by atoms with E-state index in [1.54, 1.807) is 12.1 Å². The molecule has 0 amide bonds. The van der Waals surface area contributed by atoms with Gasteiger partial charge in [-0.3, -0.25) is 0 Å². The lowest BCUT2D eigenvalue weighted by molar-refractivity contribution is -0.274. The molecule has 4 rings (SSSR count). The van der Waals surface area contributed by atoms with E-state index in [-0.39, 0.29) is 5.75 Å². The highest BCUT2D eigenvalue weighted by atomic mass is 19.4. The zero-order valence-corrected chi connectivity index (χ0v) is 15.2. The van der Waals surface area contributed by atoms with Crippen molar-refractivity contribution in [3.05, 3.63) is 59.9 Å². The summed E-state index contributed by atoms with van der Waals surface area (Å²) >= 11 is 0. The predicted molar refractivity (Wildman–Crippen MR) is 102 cm³/mol. The summed E-state index contributed by atoms with van der Waals surface area (Å²) in [5.74, 6) is -0.191. The first kappa shape index (κ1) is 18.5. The maximum Gasteiger partial charge on any atom is 0.573 e. The number of halogens is 3. The molecule has 0 radical (unpaired) electrons. The van der Waals surface area contributed by atoms with Gasteiger partial charge in [-0.25, -0.2) is 4.85 Å². The summed E-state index contributed by atoms with van der Waals surface area (Å²) in [6.45, 7) is 10.8. The lowest BCUT2D eigenvalue weighted by Crippen LogP contribution is -2.60. The Bertz CT molecular complexity index is 856. The third kappa shape index (κ3) is 3.86. The van der Waals surface area contributed by atoms with Crippen LogP contribution < -0.4 is 14.5 Å². The molecule has 0 N–H and O–H groups in total. The van der Waals surface area contributed by atoms with Crippen molar-refractivity contribution in [2.45, 2.75) is 19.2 Å². The summed E-state index contributed by atoms with van der Waals surface area (Å²) in [4.78, 5) is 7.98. The zero-order valence-electron chi connectivity index (χ0n) is 15.2. The maximum atomic E-state index is 12.3. The van der Waals surface area contributed by atoms with Gasteiger partial charge in [-0.2, -0.15) is 0 Å². The molecular weight excluding hydrogens is 367 g/mol. The molecule has 0 bridgehead atoms. The van der Waals surface area contributed by atoms with E-state index in [0.717, 1.165) is 50.4 Å². The molecule has 2 aliphatic rings. The number of nitrogens with zero attached hydrogens (tertiary/aromatic N) is 3. The fraction of sp³-hybridized carbons (Fsp3) is 0.381. The quantitative estimate of drug-likeness (QED) is 0.672. The van der Waals surface area contributed by atoms with Crippen LogP contribution in [-0.4, -0.2) is 32.5 Å². The van der Waals surface area contributed by atoms with Gasteiger partial charge in [0.2, 0.25) is 0 Å². The smallest absolute Gasteiger partial charge is 0.406 e. The standard InChI is InChI=1S/C21H20F3N3O/c1-25-16-2-4-18(5-3-16)27-14-20(15-27)10-12-26(13-11-20)17-6-8-19(9-7-17)28-21(22,23)24/h2-9H,10-15H2. The van der Waals surface area contributed by atoms with Crippen molar-refractivity contribution in [3.63, 3.8) is 0 Å². The van der Waals surface area contributed by atoms with Crippen molar-refractivity contribution >= 4 is 17.1 Å². The van der Waals surface area contributed by atoms with Crippen LogP contribution >= 0.6 is 0 Å². The Balaban J connectivity index is 1.31. The van der Waals surface area contributed by atoms with Crippen molar-refractivity contribution in [1.29, 1.82) is 0 Å². The molecule has 0 atom stereocenters. The van der Waals surface area contributed by atoms with Crippen LogP contribution in [0.2, 0.25) is 0 Å². The average molecular weight is 387 g/mol. The fourth-order valence-electron chi connectivity index (χ4n) is 4.10. The third-order valence-corrected chi connectivity index (χ3v) is 5.66. The summed E-state index contributed by atoms with van der Waals surface area (Å²) in [5, 5.41) is 0. The second kappa shape index (κ2) is 6.93. The minimum absolute atomic E-state index is 0.191. The predicted octanol–water partition coefficient (Wildman–Crippen LogP) is 5.24. The Kier molecular flexibility index (Phi) is 4.58. The maximum absolute atomic E-state index is 12.3. The number of hydrogen-bond donors (Lipinski definition) is 0. The minimum Gasteiger partial charge on any atom is -0.406 e. The molecule has 0 aromatic heterocycles. The van der Waals surface area contributed by atoms with Gasteiger partial charge in [-0.15, -0.1) is 13.2 Å². The lowest BCUT2D eigenvalue weighted by Gasteiger charge is -2.55. The van der Waals surface area contributed by atoms with Crippen LogP contribution in [0.3, 0.4) is 0 Å². The Labute approximate surface area is 161 Å². The topological polar surface area (TPSA) is 20.1 Å². The third-order valence-electron chi connectivity index (χ3n) is 5.66. The van der Waals surface area contributed by atoms with Crippen LogP contribution in [0, 0.1) is 12.0 Å². The van der Waals surface area contributed by atoms with Crippen molar-refractivity contribution in [1.82, 2.24) is 0 Å². The second-order valence-electron chi connectivity index (χ2n) is 7.51. The average Bonchev–Trinajstić information content (AvgIpc) is 2.66. The van der Waals surface area contributed by atoms with E-state index in [0.29, 0.717) is 11.1 Å². The van der Waals surface area contributed by atoms with Crippen molar-refractivity contribution in [2.75, 3.05) is 36.0 Å². The van der Waals surface area contributed by atoms with Crippen LogP contribution in [0.5, 0.6) is 5.75 Å². The molecule has 0 aliphatic carbocycles. The van der Waals surface area contributed by atoms with Gasteiger partial charge in [0.05, 0.1) is 6.57 Å². The summed E-state index contributed by atoms with van der Waals surface area (Å²) in [6, 6.07) is 13.8. The number of anilines is 2. The van der Waals surface area contributed by atoms with Gasteiger partial charge in [-0.1, -0.05) is 12.1 Å². The van der Waals surface area contributed by atoms with E-state index in [1.165, 1.54) is 12.1 Å². The van der Waals surface area contributed by atoms with E-state index in [9.17, 15) is 13.2 Å². The largest absolute Gasteiger partial charge is 0.573 e. The number of ether oxygens (including phenoxy) is 1. The molecule has 2 heterocycles. The SMILES string of the molecule is [C-]#[N+]c1ccc(N2CC3(CCN(c4ccc(OC(F)(F)F)cc4)CC3)C2)cc1. The fourth-order valence-corrected chi connectivity index (χ4v) is 4.10. The molecular formula is C21H20F3N3O. The summed E-state index contributed by atoms with van der Waals surface area (Å²) in [6.07, 6.45) is -2.54. The highest BCUT2D eigenvalue weighted by molar-refractivity contribution is 5.57. The summed E-state index contributed by atoms with van der Waals surface area (Å²) < 4.78 is 40.7. The summed E-state index contributed by atoms with van der Waals surface area (Å²) in [5.41, 5.74) is 3.05. The van der Waals surface area contributed by atoms with Gasteiger partial charge < -0.3 is 14.5 Å². The lowest BCUT2D eigenvalue weighted by atomic mass is 9.71. The molecule has 2 fully saturated rings. The molecule has 0 unspecified atom stereocenters. The van der Waals surface area contributed by atoms with E-state index in [4.69, 9.17) is 6.57 Å². The molecule has 28 heavy (non-hydrogen) atoms. The normalized spacial score (nSPS) is 18.5. The van der Waals surface area contributed by atoms with Crippen LogP contribution in [0.1, 0.15) is 12.8 Å². The molecule has 1 spiro atoms. The van der Waals surface area contributed by atoms with Crippen LogP contribution in [0.15, 0.2) is 48.5 Å². The van der Waals surface area contributed by atoms with E-state index >= 15 is 0 Å². The number of benzene rings is 2. The molecule has 0 saturated carbocycles. The van der Waals surface area contributed by atoms with Gasteiger partial charge in [-0.05, 0) is 49.2 Å². The van der Waals surface area contributed by atoms with Gasteiger partial charge in [0.15, 0.2) is 5.69 Å². The number of rotatable bonds is 3. The number of piperidine rings is 1. The van der Waals surface area contributed by atoms with E-state index < -0.39 is 6.36 Å². The van der Waals surface area contributed by atoms with Gasteiger partial charge in [0, 0.05) is 43.0 Å². The second-order valence-corrected chi connectivity index (χ2v) is 7.51. The monoisotopic (exact) mass is 387 g/mol. The van der Waals surface area contributed by atoms with E-state index in [2.05, 4.69) is 19.4 Å². The van der Waals surface area contributed by atoms with Crippen LogP contribution in [0.4, 0.5) is 30.2 Å². The van der Waals surface area contributed by atoms with Gasteiger partial charge in [0.1, 0.15) is 5.75 Å². The number of hydrogen-bond acceptors (Lipinski definition) is 3. The first-order valence-electron chi connectivity index (χ1n) is 9.19. The summed E-state index contributed by atoms with van der Waals surface area (Å²) in [7, 11) is 0. The number of alkyl halides is 3. The first-order chi connectivity index (χ1) is 13.4. The molecule has 2 saturated heterocycles. The molecule has 7 heteroatoms. The highest BCUT2D eigenvalue weighted by Gasteiger charge is 2.44. The van der Waals surface area contributed by atoms with E-state index in [1.807, 2.05) is 24.3 Å².